The normalized spacial score (nSPS) is 20.8. The van der Waals surface area contributed by atoms with Gasteiger partial charge in [-0.05, 0) is 0 Å². The Balaban J connectivity index is -0.000000256. The molecule has 19 N–H and O–H groups in total. The van der Waals surface area contributed by atoms with Gasteiger partial charge in [0.25, 0.3) is 0 Å². The summed E-state index contributed by atoms with van der Waals surface area (Å²) in [5.74, 6) is 0. The third kappa shape index (κ3) is 20.9. The smallest absolute Gasteiger partial charge is 0.151 e. The van der Waals surface area contributed by atoms with Crippen molar-refractivity contribution in [3.8, 4) is 0 Å². The maximum atomic E-state index is 9.90. The summed E-state index contributed by atoms with van der Waals surface area (Å²) in [5.41, 5.74) is 0. The second-order valence-corrected chi connectivity index (χ2v) is 8.94. The van der Waals surface area contributed by atoms with Crippen LogP contribution in [0.25, 0.3) is 0 Å². The fourth-order valence-electron chi connectivity index (χ4n) is 2.27. The minimum Gasteiger partial charge on any atom is -0.394 e. The Morgan fingerprint density at radius 3 is 0.587 bits per heavy atom. The molecule has 15 atom stereocenters. The summed E-state index contributed by atoms with van der Waals surface area (Å²) in [7, 11) is 0. The van der Waals surface area contributed by atoms with Crippen molar-refractivity contribution in [2.24, 2.45) is 0 Å². The number of aliphatic hydroxyl groups excluding tert-OH is 19. The van der Waals surface area contributed by atoms with Crippen molar-refractivity contribution in [1.29, 1.82) is 0 Å². The van der Waals surface area contributed by atoms with Gasteiger partial charge in [0.15, 0.2) is 25.1 Å². The molecule has 0 aromatic rings. The highest BCUT2D eigenvalue weighted by Crippen LogP contribution is 2.05. The molecule has 0 saturated carbocycles. The molecule has 46 heavy (non-hydrogen) atoms. The van der Waals surface area contributed by atoms with Crippen LogP contribution in [0.15, 0.2) is 0 Å². The zero-order valence-electron chi connectivity index (χ0n) is 23.9. The Morgan fingerprint density at radius 2 is 0.435 bits per heavy atom. The number of aliphatic hydroxyl groups is 19. The van der Waals surface area contributed by atoms with E-state index in [1.54, 1.807) is 0 Å². The summed E-state index contributed by atoms with van der Waals surface area (Å²) in [4.78, 5) is 39.5. The first-order valence-electron chi connectivity index (χ1n) is 12.7. The highest BCUT2D eigenvalue weighted by atomic mass is 16.4. The van der Waals surface area contributed by atoms with Crippen LogP contribution in [-0.4, -0.2) is 240 Å². The summed E-state index contributed by atoms with van der Waals surface area (Å²) >= 11 is 0. The molecular formula is C23H46O23. The molecule has 0 rings (SSSR count). The lowest BCUT2D eigenvalue weighted by Crippen LogP contribution is -2.46. The quantitative estimate of drug-likeness (QED) is 0.0559. The number of aldehydes is 4. The van der Waals surface area contributed by atoms with Gasteiger partial charge < -0.3 is 116 Å². The maximum Gasteiger partial charge on any atom is 0.151 e. The number of rotatable bonds is 19. The van der Waals surface area contributed by atoms with Gasteiger partial charge in [-0.3, -0.25) is 0 Å². The summed E-state index contributed by atoms with van der Waals surface area (Å²) in [6.45, 7) is -2.97. The molecule has 0 aromatic heterocycles. The maximum absolute atomic E-state index is 9.90. The topological polar surface area (TPSA) is 453 Å². The molecule has 0 aliphatic heterocycles. The summed E-state index contributed by atoms with van der Waals surface area (Å²) in [5, 5.41) is 165. The zero-order chi connectivity index (χ0) is 37.3. The van der Waals surface area contributed by atoms with Gasteiger partial charge in [-0.25, -0.2) is 0 Å². The van der Waals surface area contributed by atoms with Crippen molar-refractivity contribution in [2.45, 2.75) is 91.6 Å². The summed E-state index contributed by atoms with van der Waals surface area (Å²) in [6, 6.07) is 0. The summed E-state index contributed by atoms with van der Waals surface area (Å²) in [6.07, 6.45) is -25.1. The predicted octanol–water partition coefficient (Wildman–Crippen LogP) is -12.9. The van der Waals surface area contributed by atoms with Crippen LogP contribution in [0, 0.1) is 0 Å². The molecule has 23 heteroatoms. The van der Waals surface area contributed by atoms with Gasteiger partial charge in [-0.1, -0.05) is 0 Å². The third-order valence-electron chi connectivity index (χ3n) is 5.33. The average Bonchev–Trinajstić information content (AvgIpc) is 3.09. The van der Waals surface area contributed by atoms with Crippen LogP contribution in [-0.2, 0) is 19.2 Å². The van der Waals surface area contributed by atoms with Crippen molar-refractivity contribution < 1.29 is 116 Å². The number of carbonyl (C=O) groups is 4. The van der Waals surface area contributed by atoms with Crippen LogP contribution in [0.3, 0.4) is 0 Å². The van der Waals surface area contributed by atoms with Gasteiger partial charge in [0.1, 0.15) is 91.6 Å². The van der Waals surface area contributed by atoms with Crippen molar-refractivity contribution in [3.63, 3.8) is 0 Å². The number of hydrogen-bond donors (Lipinski definition) is 19. The Kier molecular flexibility index (Phi) is 32.1. The van der Waals surface area contributed by atoms with Gasteiger partial charge in [0, 0.05) is 0 Å². The minimum atomic E-state index is -1.79. The Labute approximate surface area is 260 Å². The van der Waals surface area contributed by atoms with Crippen molar-refractivity contribution in [1.82, 2.24) is 0 Å². The van der Waals surface area contributed by atoms with E-state index >= 15 is 0 Å². The van der Waals surface area contributed by atoms with Crippen LogP contribution < -0.4 is 0 Å². The van der Waals surface area contributed by atoms with Gasteiger partial charge in [0.2, 0.25) is 0 Å². The monoisotopic (exact) mass is 690 g/mol. The van der Waals surface area contributed by atoms with E-state index in [1.807, 2.05) is 0 Å². The first-order chi connectivity index (χ1) is 21.2. The number of hydrogen-bond acceptors (Lipinski definition) is 23. The molecule has 0 unspecified atom stereocenters. The second kappa shape index (κ2) is 29.1. The molecule has 0 amide bonds. The Bertz CT molecular complexity index is 685. The molecule has 0 aliphatic rings. The van der Waals surface area contributed by atoms with Gasteiger partial charge >= 0.3 is 0 Å². The molecule has 0 spiro atoms. The van der Waals surface area contributed by atoms with E-state index in [4.69, 9.17) is 97.0 Å². The molecule has 23 nitrogen and oxygen atoms in total. The van der Waals surface area contributed by atoms with E-state index in [0.717, 1.165) is 0 Å². The highest BCUT2D eigenvalue weighted by Gasteiger charge is 2.31. The second-order valence-electron chi connectivity index (χ2n) is 8.94. The van der Waals surface area contributed by atoms with E-state index in [2.05, 4.69) is 0 Å². The third-order valence-corrected chi connectivity index (χ3v) is 5.33. The molecule has 0 aliphatic carbocycles. The van der Waals surface area contributed by atoms with E-state index < -0.39 is 118 Å². The molecule has 0 bridgehead atoms. The van der Waals surface area contributed by atoms with E-state index in [9.17, 15) is 19.2 Å². The van der Waals surface area contributed by atoms with Crippen LogP contribution in [0.4, 0.5) is 0 Å². The minimum absolute atomic E-state index is 0.0258. The van der Waals surface area contributed by atoms with Crippen molar-refractivity contribution in [3.05, 3.63) is 0 Å². The molecule has 0 saturated heterocycles. The highest BCUT2D eigenvalue weighted by molar-refractivity contribution is 5.57. The SMILES string of the molecule is O=C[C@@H](O)[C@@H](O)[C@H](O)[C@H](O)CO.O=C[C@H](O)[C@@H](O)[C@@H](O)[C@H](O)CO.O=C[C@H](O)[C@@H](O)[C@H](O)CO.O=C[C@H](O)[C@@H](O)[C@H](O)[C@H](O)CO. The molecule has 276 valence electrons. The van der Waals surface area contributed by atoms with Crippen molar-refractivity contribution >= 4 is 25.1 Å². The fraction of sp³-hybridized carbons (Fsp3) is 0.826. The summed E-state index contributed by atoms with van der Waals surface area (Å²) < 4.78 is 0. The molecular weight excluding hydrogens is 644 g/mol. The lowest BCUT2D eigenvalue weighted by Gasteiger charge is -2.22. The van der Waals surface area contributed by atoms with E-state index in [1.165, 1.54) is 0 Å². The Morgan fingerprint density at radius 1 is 0.283 bits per heavy atom. The van der Waals surface area contributed by atoms with E-state index in [-0.39, 0.29) is 25.1 Å². The largest absolute Gasteiger partial charge is 0.394 e. The van der Waals surface area contributed by atoms with Crippen molar-refractivity contribution in [2.75, 3.05) is 26.4 Å². The van der Waals surface area contributed by atoms with Crippen LogP contribution in [0.2, 0.25) is 0 Å². The molecule has 0 heterocycles. The first-order valence-corrected chi connectivity index (χ1v) is 12.7. The van der Waals surface area contributed by atoms with E-state index in [0.29, 0.717) is 0 Å². The molecule has 0 radical (unpaired) electrons. The lowest BCUT2D eigenvalue weighted by molar-refractivity contribution is -0.136. The predicted molar refractivity (Wildman–Crippen MR) is 143 cm³/mol. The standard InChI is InChI=1S/3C6H12O6.C5H10O5/c3*7-1-3(9)5(11)6(12)4(10)2-8;6-1-3(8)5(10)4(9)2-7/h3*1,3-6,8-12H,2H2;1,3-5,7-10H,2H2/t3-,4+,5+,6+;3-,4+,5+,6-;3-,4-,5-,6-;3-,4+,5+/m0010/s1. The number of carbonyl (C=O) groups excluding carboxylic acids is 4. The van der Waals surface area contributed by atoms with Crippen LogP contribution in [0.5, 0.6) is 0 Å². The molecule has 0 fully saturated rings. The molecule has 0 aromatic carbocycles. The van der Waals surface area contributed by atoms with Crippen LogP contribution >= 0.6 is 0 Å². The average molecular weight is 691 g/mol. The fourth-order valence-corrected chi connectivity index (χ4v) is 2.27. The van der Waals surface area contributed by atoms with Crippen LogP contribution in [0.1, 0.15) is 0 Å². The van der Waals surface area contributed by atoms with Gasteiger partial charge in [-0.2, -0.15) is 0 Å². The zero-order valence-corrected chi connectivity index (χ0v) is 23.9. The lowest BCUT2D eigenvalue weighted by atomic mass is 10.0. The van der Waals surface area contributed by atoms with Gasteiger partial charge in [0.05, 0.1) is 26.4 Å². The first kappa shape index (κ1) is 50.8. The Hall–Kier alpha value is -2.08. The van der Waals surface area contributed by atoms with Gasteiger partial charge in [-0.15, -0.1) is 0 Å².